The molecule has 5 atom stereocenters. The second-order valence-corrected chi connectivity index (χ2v) is 10.1. The van der Waals surface area contributed by atoms with Gasteiger partial charge in [0, 0.05) is 12.5 Å². The molecule has 5 N–H and O–H groups in total. The highest BCUT2D eigenvalue weighted by molar-refractivity contribution is 7.21. The largest absolute Gasteiger partial charge is 0.390 e. The molecule has 2 aromatic heterocycles. The molecule has 8 nitrogen and oxygen atoms in total. The van der Waals surface area contributed by atoms with Gasteiger partial charge in [0.05, 0.1) is 33.6 Å². The van der Waals surface area contributed by atoms with Crippen LogP contribution in [0.25, 0.3) is 20.8 Å². The number of anilines is 2. The molecule has 0 aliphatic heterocycles. The molecule has 162 valence electrons. The Labute approximate surface area is 183 Å². The summed E-state index contributed by atoms with van der Waals surface area (Å²) in [6.07, 6.45) is 1.03. The number of fused-ring (bicyclic) bond motifs is 2. The van der Waals surface area contributed by atoms with Gasteiger partial charge in [-0.3, -0.25) is 0 Å². The maximum Gasteiger partial charge on any atom is 0.224 e. The molecule has 0 spiro atoms. The number of aliphatic hydroxyl groups excluding tert-OH is 2. The van der Waals surface area contributed by atoms with Crippen LogP contribution < -0.4 is 10.6 Å². The SMILES string of the molecule is Cc1nc(NCC2CC2)nc(NC2CC3C(O)C3(O)C2O)c1-c1nc2ccccc2s1. The Bertz CT molecular complexity index is 1130. The number of hydrogen-bond acceptors (Lipinski definition) is 9. The summed E-state index contributed by atoms with van der Waals surface area (Å²) in [6.45, 7) is 2.79. The van der Waals surface area contributed by atoms with Gasteiger partial charge in [0.1, 0.15) is 22.5 Å². The van der Waals surface area contributed by atoms with E-state index in [0.717, 1.165) is 33.0 Å². The van der Waals surface area contributed by atoms with Gasteiger partial charge in [-0.1, -0.05) is 12.1 Å². The lowest BCUT2D eigenvalue weighted by atomic mass is 10.1. The van der Waals surface area contributed by atoms with E-state index in [1.807, 2.05) is 31.2 Å². The molecular weight excluding hydrogens is 414 g/mol. The van der Waals surface area contributed by atoms with Gasteiger partial charge in [-0.25, -0.2) is 9.97 Å². The lowest BCUT2D eigenvalue weighted by Gasteiger charge is -2.25. The first-order valence-electron chi connectivity index (χ1n) is 10.8. The minimum absolute atomic E-state index is 0.304. The fourth-order valence-electron chi connectivity index (χ4n) is 4.75. The number of rotatable bonds is 6. The van der Waals surface area contributed by atoms with Crippen LogP contribution in [0.1, 0.15) is 25.0 Å². The number of aromatic nitrogens is 3. The summed E-state index contributed by atoms with van der Waals surface area (Å²) in [7, 11) is 0. The number of aliphatic hydroxyl groups is 3. The van der Waals surface area contributed by atoms with Crippen LogP contribution in [0.15, 0.2) is 24.3 Å². The van der Waals surface area contributed by atoms with Crippen molar-refractivity contribution in [3.63, 3.8) is 0 Å². The fraction of sp³-hybridized carbons (Fsp3) is 0.500. The lowest BCUT2D eigenvalue weighted by Crippen LogP contribution is -2.42. The molecule has 3 aliphatic carbocycles. The summed E-state index contributed by atoms with van der Waals surface area (Å²) in [6, 6.07) is 7.57. The maximum atomic E-state index is 10.6. The Hall–Kier alpha value is -2.33. The molecule has 0 bridgehead atoms. The summed E-state index contributed by atoms with van der Waals surface area (Å²) in [5.41, 5.74) is 1.11. The van der Waals surface area contributed by atoms with Crippen molar-refractivity contribution in [1.82, 2.24) is 15.0 Å². The van der Waals surface area contributed by atoms with E-state index in [9.17, 15) is 15.3 Å². The first-order valence-corrected chi connectivity index (χ1v) is 11.6. The highest BCUT2D eigenvalue weighted by Crippen LogP contribution is 2.56. The number of hydrogen-bond donors (Lipinski definition) is 5. The zero-order valence-electron chi connectivity index (χ0n) is 17.1. The number of nitrogens with one attached hydrogen (secondary N) is 2. The lowest BCUT2D eigenvalue weighted by molar-refractivity contribution is -0.0262. The maximum absolute atomic E-state index is 10.6. The van der Waals surface area contributed by atoms with Gasteiger partial charge in [-0.05, 0) is 44.2 Å². The van der Waals surface area contributed by atoms with Crippen LogP contribution in [0, 0.1) is 18.8 Å². The van der Waals surface area contributed by atoms with E-state index >= 15 is 0 Å². The molecule has 0 radical (unpaired) electrons. The summed E-state index contributed by atoms with van der Waals surface area (Å²) < 4.78 is 1.08. The van der Waals surface area contributed by atoms with Crippen LogP contribution >= 0.6 is 11.3 Å². The van der Waals surface area contributed by atoms with Crippen molar-refractivity contribution >= 4 is 33.3 Å². The zero-order valence-corrected chi connectivity index (χ0v) is 17.9. The predicted molar refractivity (Wildman–Crippen MR) is 119 cm³/mol. The smallest absolute Gasteiger partial charge is 0.224 e. The third-order valence-electron chi connectivity index (χ3n) is 6.87. The highest BCUT2D eigenvalue weighted by Gasteiger charge is 2.74. The average Bonchev–Trinajstić information content (AvgIpc) is 3.58. The van der Waals surface area contributed by atoms with E-state index in [2.05, 4.69) is 15.6 Å². The van der Waals surface area contributed by atoms with Crippen LogP contribution in [-0.4, -0.2) is 60.7 Å². The molecule has 1 aromatic carbocycles. The topological polar surface area (TPSA) is 123 Å². The van der Waals surface area contributed by atoms with E-state index in [-0.39, 0.29) is 5.92 Å². The third-order valence-corrected chi connectivity index (χ3v) is 7.92. The van der Waals surface area contributed by atoms with Crippen molar-refractivity contribution in [2.45, 2.75) is 50.0 Å². The molecule has 5 unspecified atom stereocenters. The summed E-state index contributed by atoms with van der Waals surface area (Å²) >= 11 is 1.58. The molecule has 6 rings (SSSR count). The number of nitrogens with zero attached hydrogens (tertiary/aromatic N) is 3. The Balaban J connectivity index is 1.37. The Morgan fingerprint density at radius 3 is 2.65 bits per heavy atom. The van der Waals surface area contributed by atoms with Crippen LogP contribution in [0.5, 0.6) is 0 Å². The quantitative estimate of drug-likeness (QED) is 0.396. The molecule has 2 heterocycles. The molecule has 3 aromatic rings. The normalized spacial score (nSPS) is 31.6. The number of thiazole rings is 1. The van der Waals surface area contributed by atoms with Gasteiger partial charge in [0.2, 0.25) is 5.95 Å². The van der Waals surface area contributed by atoms with Crippen molar-refractivity contribution < 1.29 is 15.3 Å². The van der Waals surface area contributed by atoms with E-state index in [0.29, 0.717) is 24.1 Å². The van der Waals surface area contributed by atoms with Gasteiger partial charge >= 0.3 is 0 Å². The van der Waals surface area contributed by atoms with E-state index in [4.69, 9.17) is 9.97 Å². The summed E-state index contributed by atoms with van der Waals surface area (Å²) in [4.78, 5) is 14.2. The first-order chi connectivity index (χ1) is 14.9. The van der Waals surface area contributed by atoms with Crippen molar-refractivity contribution in [3.8, 4) is 10.6 Å². The standard InChI is InChI=1S/C22H25N5O3S/c1-10-16(20-26-13-4-2-3-5-15(13)31-20)19(27-21(24-10)23-9-11-6-7-11)25-14-8-12-17(28)22(12,30)18(14)29/h2-5,11-12,14,17-18,28-30H,6-9H2,1H3,(H2,23,24,25,27). The molecule has 3 fully saturated rings. The first kappa shape index (κ1) is 19.4. The molecular formula is C22H25N5O3S. The Kier molecular flexibility index (Phi) is 4.27. The zero-order chi connectivity index (χ0) is 21.3. The van der Waals surface area contributed by atoms with E-state index in [1.54, 1.807) is 11.3 Å². The molecule has 3 saturated carbocycles. The molecule has 3 aliphatic rings. The third kappa shape index (κ3) is 3.10. The van der Waals surface area contributed by atoms with Gasteiger partial charge in [-0.2, -0.15) is 4.98 Å². The van der Waals surface area contributed by atoms with Crippen molar-refractivity contribution in [2.75, 3.05) is 17.2 Å². The van der Waals surface area contributed by atoms with Crippen molar-refractivity contribution in [2.24, 2.45) is 11.8 Å². The van der Waals surface area contributed by atoms with E-state index in [1.165, 1.54) is 12.8 Å². The minimum Gasteiger partial charge on any atom is -0.390 e. The predicted octanol–water partition coefficient (Wildman–Crippen LogP) is 2.15. The second kappa shape index (κ2) is 6.83. The molecule has 9 heteroatoms. The van der Waals surface area contributed by atoms with Gasteiger partial charge in [0.25, 0.3) is 0 Å². The van der Waals surface area contributed by atoms with Gasteiger partial charge in [0.15, 0.2) is 0 Å². The molecule has 0 saturated heterocycles. The van der Waals surface area contributed by atoms with Crippen LogP contribution in [0.4, 0.5) is 11.8 Å². The summed E-state index contributed by atoms with van der Waals surface area (Å²) in [5, 5.41) is 38.5. The minimum atomic E-state index is -1.41. The van der Waals surface area contributed by atoms with Crippen molar-refractivity contribution in [3.05, 3.63) is 30.0 Å². The van der Waals surface area contributed by atoms with Gasteiger partial charge < -0.3 is 26.0 Å². The van der Waals surface area contributed by atoms with Crippen LogP contribution in [-0.2, 0) is 0 Å². The van der Waals surface area contributed by atoms with Crippen LogP contribution in [0.2, 0.25) is 0 Å². The number of aryl methyl sites for hydroxylation is 1. The second-order valence-electron chi connectivity index (χ2n) is 9.04. The van der Waals surface area contributed by atoms with E-state index < -0.39 is 23.9 Å². The number of benzene rings is 1. The molecule has 31 heavy (non-hydrogen) atoms. The highest BCUT2D eigenvalue weighted by atomic mass is 32.1. The van der Waals surface area contributed by atoms with Crippen LogP contribution in [0.3, 0.4) is 0 Å². The molecule has 0 amide bonds. The fourth-order valence-corrected chi connectivity index (χ4v) is 5.81. The van der Waals surface area contributed by atoms with Crippen molar-refractivity contribution in [1.29, 1.82) is 0 Å². The Morgan fingerprint density at radius 2 is 1.94 bits per heavy atom. The summed E-state index contributed by atoms with van der Waals surface area (Å²) in [5.74, 6) is 1.52. The Morgan fingerprint density at radius 1 is 1.13 bits per heavy atom. The van der Waals surface area contributed by atoms with Gasteiger partial charge in [-0.15, -0.1) is 11.3 Å². The number of para-hydroxylation sites is 1. The average molecular weight is 440 g/mol. The monoisotopic (exact) mass is 439 g/mol.